The third kappa shape index (κ3) is 3.42. The van der Waals surface area contributed by atoms with E-state index in [1.54, 1.807) is 0 Å². The summed E-state index contributed by atoms with van der Waals surface area (Å²) in [6, 6.07) is 2.51. The Kier molecular flexibility index (Phi) is 4.60. The Labute approximate surface area is 150 Å². The molecule has 0 fully saturated rings. The quantitative estimate of drug-likeness (QED) is 0.792. The molecule has 4 nitrogen and oxygen atoms in total. The molecule has 0 spiro atoms. The van der Waals surface area contributed by atoms with E-state index in [4.69, 9.17) is 5.26 Å². The van der Waals surface area contributed by atoms with Crippen LogP contribution in [0.2, 0.25) is 0 Å². The van der Waals surface area contributed by atoms with Crippen molar-refractivity contribution in [2.75, 3.05) is 6.67 Å². The van der Waals surface area contributed by atoms with Crippen molar-refractivity contribution in [3.63, 3.8) is 0 Å². The van der Waals surface area contributed by atoms with Gasteiger partial charge in [0, 0.05) is 23.7 Å². The van der Waals surface area contributed by atoms with Gasteiger partial charge in [-0.05, 0) is 55.2 Å². The molecule has 1 N–H and O–H groups in total. The Morgan fingerprint density at radius 2 is 2.16 bits per heavy atom. The molecule has 3 aliphatic rings. The van der Waals surface area contributed by atoms with Gasteiger partial charge in [0.2, 0.25) is 0 Å². The maximum absolute atomic E-state index is 12.7. The molecule has 0 aromatic rings. The van der Waals surface area contributed by atoms with E-state index in [0.717, 1.165) is 49.3 Å². The predicted molar refractivity (Wildman–Crippen MR) is 99.1 cm³/mol. The minimum atomic E-state index is 0.0461. The Morgan fingerprint density at radius 3 is 2.84 bits per heavy atom. The van der Waals surface area contributed by atoms with E-state index < -0.39 is 0 Å². The summed E-state index contributed by atoms with van der Waals surface area (Å²) in [5.41, 5.74) is 5.22. The molecule has 0 saturated heterocycles. The number of carbonyl (C=O) groups excluding carboxylic acids is 1. The lowest BCUT2D eigenvalue weighted by Crippen LogP contribution is -2.39. The molecule has 1 atom stereocenters. The number of hydrogen-bond acceptors (Lipinski definition) is 4. The van der Waals surface area contributed by atoms with Crippen LogP contribution in [0.25, 0.3) is 0 Å². The molecule has 0 saturated carbocycles. The van der Waals surface area contributed by atoms with Crippen molar-refractivity contribution in [2.24, 2.45) is 5.41 Å². The number of nitriles is 1. The van der Waals surface area contributed by atoms with Gasteiger partial charge in [0.1, 0.15) is 5.70 Å². The molecule has 4 heteroatoms. The van der Waals surface area contributed by atoms with Gasteiger partial charge in [-0.3, -0.25) is 4.79 Å². The van der Waals surface area contributed by atoms with E-state index in [0.29, 0.717) is 12.5 Å². The van der Waals surface area contributed by atoms with Gasteiger partial charge >= 0.3 is 0 Å². The van der Waals surface area contributed by atoms with Gasteiger partial charge in [-0.2, -0.15) is 5.26 Å². The zero-order valence-corrected chi connectivity index (χ0v) is 15.5. The van der Waals surface area contributed by atoms with Gasteiger partial charge in [0.05, 0.1) is 12.7 Å². The molecule has 1 unspecified atom stereocenters. The largest absolute Gasteiger partial charge is 0.369 e. The topological polar surface area (TPSA) is 56.1 Å². The molecular formula is C21H27N3O. The summed E-state index contributed by atoms with van der Waals surface area (Å²) >= 11 is 0. The second kappa shape index (κ2) is 6.55. The van der Waals surface area contributed by atoms with Crippen molar-refractivity contribution in [2.45, 2.75) is 58.9 Å². The zero-order chi connectivity index (χ0) is 18.2. The van der Waals surface area contributed by atoms with Crippen LogP contribution in [-0.4, -0.2) is 23.4 Å². The zero-order valence-electron chi connectivity index (χ0n) is 15.5. The maximum atomic E-state index is 12.7. The van der Waals surface area contributed by atoms with Crippen molar-refractivity contribution in [3.05, 3.63) is 46.8 Å². The lowest BCUT2D eigenvalue weighted by molar-refractivity contribution is -0.119. The van der Waals surface area contributed by atoms with Crippen molar-refractivity contribution >= 4 is 5.78 Å². The van der Waals surface area contributed by atoms with Crippen LogP contribution >= 0.6 is 0 Å². The lowest BCUT2D eigenvalue weighted by atomic mass is 9.77. The first-order chi connectivity index (χ1) is 11.8. The van der Waals surface area contributed by atoms with E-state index >= 15 is 0 Å². The molecular weight excluding hydrogens is 310 g/mol. The van der Waals surface area contributed by atoms with Gasteiger partial charge in [0.25, 0.3) is 0 Å². The third-order valence-corrected chi connectivity index (χ3v) is 5.46. The number of allylic oxidation sites excluding steroid dienone is 6. The standard InChI is InChI=1S/C21H27N3O/c1-5-15-9-17(7-6-16(15)8-14(2)12-22)24-13-23-18-10-21(3,4)11-19(25)20(18)24/h5,8,17,23H,1,6-7,9-11,13H2,2-4H3/b14-8+. The van der Waals surface area contributed by atoms with E-state index in [2.05, 4.69) is 36.7 Å². The highest BCUT2D eigenvalue weighted by Gasteiger charge is 2.41. The Morgan fingerprint density at radius 1 is 1.40 bits per heavy atom. The van der Waals surface area contributed by atoms with Crippen molar-refractivity contribution in [3.8, 4) is 6.07 Å². The van der Waals surface area contributed by atoms with Crippen LogP contribution in [0.4, 0.5) is 0 Å². The van der Waals surface area contributed by atoms with Crippen LogP contribution in [0.1, 0.15) is 52.9 Å². The van der Waals surface area contributed by atoms with Gasteiger partial charge in [-0.15, -0.1) is 0 Å². The van der Waals surface area contributed by atoms with Crippen molar-refractivity contribution in [1.82, 2.24) is 10.2 Å². The average Bonchev–Trinajstić information content (AvgIpc) is 2.97. The molecule has 1 heterocycles. The summed E-state index contributed by atoms with van der Waals surface area (Å²) in [5.74, 6) is 0.270. The fraction of sp³-hybridized carbons (Fsp3) is 0.524. The smallest absolute Gasteiger partial charge is 0.181 e. The van der Waals surface area contributed by atoms with E-state index in [1.807, 2.05) is 19.1 Å². The van der Waals surface area contributed by atoms with Gasteiger partial charge < -0.3 is 10.2 Å². The summed E-state index contributed by atoms with van der Waals surface area (Å²) in [7, 11) is 0. The summed E-state index contributed by atoms with van der Waals surface area (Å²) in [4.78, 5) is 15.0. The summed E-state index contributed by atoms with van der Waals surface area (Å²) in [6.45, 7) is 10.8. The first kappa shape index (κ1) is 17.5. The predicted octanol–water partition coefficient (Wildman–Crippen LogP) is 3.95. The van der Waals surface area contributed by atoms with Crippen LogP contribution in [0.5, 0.6) is 0 Å². The highest BCUT2D eigenvalue weighted by atomic mass is 16.1. The van der Waals surface area contributed by atoms with Gasteiger partial charge in [0.15, 0.2) is 5.78 Å². The second-order valence-corrected chi connectivity index (χ2v) is 8.16. The first-order valence-corrected chi connectivity index (χ1v) is 9.04. The third-order valence-electron chi connectivity index (χ3n) is 5.46. The minimum absolute atomic E-state index is 0.0461. The van der Waals surface area contributed by atoms with Crippen molar-refractivity contribution in [1.29, 1.82) is 5.26 Å². The lowest BCUT2D eigenvalue weighted by Gasteiger charge is -2.37. The molecule has 0 aromatic carbocycles. The van der Waals surface area contributed by atoms with Gasteiger partial charge in [-0.25, -0.2) is 0 Å². The number of rotatable bonds is 3. The van der Waals surface area contributed by atoms with Crippen LogP contribution < -0.4 is 5.32 Å². The molecule has 0 aromatic heterocycles. The Hall–Kier alpha value is -2.28. The van der Waals surface area contributed by atoms with E-state index in [9.17, 15) is 4.79 Å². The first-order valence-electron chi connectivity index (χ1n) is 9.04. The molecule has 2 aliphatic carbocycles. The Balaban J connectivity index is 1.84. The summed E-state index contributed by atoms with van der Waals surface area (Å²) in [5, 5.41) is 12.5. The molecule has 25 heavy (non-hydrogen) atoms. The molecule has 0 amide bonds. The SMILES string of the molecule is C=CC1=C(/C=C(\C)C#N)CCC(N2CNC3=C2C(=O)CC(C)(C)C3)C1. The van der Waals surface area contributed by atoms with E-state index in [1.165, 1.54) is 11.1 Å². The fourth-order valence-electron chi connectivity index (χ4n) is 4.27. The molecule has 132 valence electrons. The summed E-state index contributed by atoms with van der Waals surface area (Å²) < 4.78 is 0. The monoisotopic (exact) mass is 337 g/mol. The molecule has 0 bridgehead atoms. The van der Waals surface area contributed by atoms with Crippen LogP contribution in [0, 0.1) is 16.7 Å². The number of nitrogens with zero attached hydrogens (tertiary/aromatic N) is 2. The molecule has 1 aliphatic heterocycles. The second-order valence-electron chi connectivity index (χ2n) is 8.16. The number of carbonyl (C=O) groups is 1. The maximum Gasteiger partial charge on any atom is 0.181 e. The molecule has 0 radical (unpaired) electrons. The number of nitrogens with one attached hydrogen (secondary N) is 1. The highest BCUT2D eigenvalue weighted by Crippen LogP contribution is 2.41. The molecule has 3 rings (SSSR count). The Bertz CT molecular complexity index is 746. The highest BCUT2D eigenvalue weighted by molar-refractivity contribution is 5.97. The van der Waals surface area contributed by atoms with Crippen LogP contribution in [0.3, 0.4) is 0 Å². The van der Waals surface area contributed by atoms with Gasteiger partial charge in [-0.1, -0.05) is 26.5 Å². The minimum Gasteiger partial charge on any atom is -0.369 e. The summed E-state index contributed by atoms with van der Waals surface area (Å²) in [6.07, 6.45) is 8.25. The normalized spacial score (nSPS) is 26.3. The fourth-order valence-corrected chi connectivity index (χ4v) is 4.27. The van der Waals surface area contributed by atoms with Crippen LogP contribution in [0.15, 0.2) is 46.8 Å². The number of Topliss-reactive ketones (excluding diaryl/α,β-unsaturated/α-hetero) is 1. The number of ketones is 1. The van der Waals surface area contributed by atoms with E-state index in [-0.39, 0.29) is 11.2 Å². The number of hydrogen-bond donors (Lipinski definition) is 1. The van der Waals surface area contributed by atoms with Crippen molar-refractivity contribution < 1.29 is 4.79 Å². The average molecular weight is 337 g/mol. The van der Waals surface area contributed by atoms with Crippen LogP contribution in [-0.2, 0) is 4.79 Å².